The summed E-state index contributed by atoms with van der Waals surface area (Å²) in [4.78, 5) is 25.6. The maximum atomic E-state index is 14.0. The van der Waals surface area contributed by atoms with Gasteiger partial charge in [-0.3, -0.25) is 4.79 Å². The average molecular weight is 423 g/mol. The maximum Gasteiger partial charge on any atom is 0.233 e. The highest BCUT2D eigenvalue weighted by molar-refractivity contribution is 5.89. The van der Waals surface area contributed by atoms with Gasteiger partial charge in [0.15, 0.2) is 0 Å². The predicted octanol–water partition coefficient (Wildman–Crippen LogP) is 4.23. The van der Waals surface area contributed by atoms with Crippen molar-refractivity contribution in [3.63, 3.8) is 0 Å². The Morgan fingerprint density at radius 2 is 1.81 bits per heavy atom. The number of benzene rings is 1. The molecule has 6 nitrogen and oxygen atoms in total. The molecular weight excluding hydrogens is 388 g/mol. The molecule has 1 saturated heterocycles. The molecule has 2 aromatic rings. The van der Waals surface area contributed by atoms with Crippen LogP contribution in [0.25, 0.3) is 0 Å². The molecule has 1 aliphatic heterocycles. The highest BCUT2D eigenvalue weighted by atomic mass is 16.5. The standard InChI is InChI=1S/C25H34N4O2/c1-18-16-21(26-3)28-22(27-18)24(2)12-7-15-29(17-24)23(30)25(13-5-6-14-25)19-8-10-20(31-4)11-9-19/h8-11,16H,5-7,12-15,17H2,1-4H3,(H,26,27,28). The molecule has 1 amide bonds. The van der Waals surface area contributed by atoms with Gasteiger partial charge in [-0.05, 0) is 50.3 Å². The second-order valence-electron chi connectivity index (χ2n) is 9.38. The minimum Gasteiger partial charge on any atom is -0.497 e. The molecule has 1 unspecified atom stereocenters. The molecule has 1 saturated carbocycles. The van der Waals surface area contributed by atoms with Gasteiger partial charge in [-0.15, -0.1) is 0 Å². The Morgan fingerprint density at radius 1 is 1.10 bits per heavy atom. The van der Waals surface area contributed by atoms with E-state index in [1.54, 1.807) is 7.11 Å². The van der Waals surface area contributed by atoms with Gasteiger partial charge in [-0.25, -0.2) is 9.97 Å². The Balaban J connectivity index is 1.63. The van der Waals surface area contributed by atoms with Crippen LogP contribution in [-0.4, -0.2) is 48.0 Å². The second kappa shape index (κ2) is 8.48. The third kappa shape index (κ3) is 4.00. The molecule has 1 N–H and O–H groups in total. The van der Waals surface area contributed by atoms with Crippen molar-refractivity contribution in [3.8, 4) is 5.75 Å². The molecule has 2 heterocycles. The number of aromatic nitrogens is 2. The number of likely N-dealkylation sites (tertiary alicyclic amines) is 1. The second-order valence-corrected chi connectivity index (χ2v) is 9.38. The normalized spacial score (nSPS) is 22.9. The van der Waals surface area contributed by atoms with E-state index in [0.29, 0.717) is 6.54 Å². The third-order valence-electron chi connectivity index (χ3n) is 7.14. The van der Waals surface area contributed by atoms with E-state index in [4.69, 9.17) is 14.7 Å². The predicted molar refractivity (Wildman–Crippen MR) is 123 cm³/mol. The number of aryl methyl sites for hydroxylation is 1. The monoisotopic (exact) mass is 422 g/mol. The number of ether oxygens (including phenoxy) is 1. The van der Waals surface area contributed by atoms with Crippen LogP contribution < -0.4 is 10.1 Å². The first kappa shape index (κ1) is 21.6. The highest BCUT2D eigenvalue weighted by Crippen LogP contribution is 2.44. The number of nitrogens with zero attached hydrogens (tertiary/aromatic N) is 3. The lowest BCUT2D eigenvalue weighted by molar-refractivity contribution is -0.139. The summed E-state index contributed by atoms with van der Waals surface area (Å²) in [5, 5.41) is 3.14. The van der Waals surface area contributed by atoms with Crippen LogP contribution in [0.1, 0.15) is 62.5 Å². The summed E-state index contributed by atoms with van der Waals surface area (Å²) in [6.07, 6.45) is 5.96. The van der Waals surface area contributed by atoms with Crippen molar-refractivity contribution >= 4 is 11.7 Å². The zero-order valence-electron chi connectivity index (χ0n) is 19.2. The fourth-order valence-corrected chi connectivity index (χ4v) is 5.38. The third-order valence-corrected chi connectivity index (χ3v) is 7.14. The van der Waals surface area contributed by atoms with Gasteiger partial charge in [0.2, 0.25) is 5.91 Å². The zero-order chi connectivity index (χ0) is 22.1. The lowest BCUT2D eigenvalue weighted by Gasteiger charge is -2.43. The van der Waals surface area contributed by atoms with Gasteiger partial charge < -0.3 is 15.0 Å². The molecule has 2 aliphatic rings. The number of anilines is 1. The first-order valence-corrected chi connectivity index (χ1v) is 11.4. The van der Waals surface area contributed by atoms with E-state index >= 15 is 0 Å². The molecule has 0 radical (unpaired) electrons. The molecule has 1 aromatic heterocycles. The van der Waals surface area contributed by atoms with Gasteiger partial charge >= 0.3 is 0 Å². The van der Waals surface area contributed by atoms with Gasteiger partial charge in [-0.1, -0.05) is 31.9 Å². The molecule has 166 valence electrons. The van der Waals surface area contributed by atoms with Crippen molar-refractivity contribution in [1.82, 2.24) is 14.9 Å². The largest absolute Gasteiger partial charge is 0.497 e. The molecule has 1 aliphatic carbocycles. The first-order chi connectivity index (χ1) is 14.9. The van der Waals surface area contributed by atoms with E-state index < -0.39 is 5.41 Å². The minimum absolute atomic E-state index is 0.245. The fourth-order valence-electron chi connectivity index (χ4n) is 5.38. The Hall–Kier alpha value is -2.63. The summed E-state index contributed by atoms with van der Waals surface area (Å²) < 4.78 is 5.33. The molecule has 4 rings (SSSR count). The number of hydrogen-bond acceptors (Lipinski definition) is 5. The highest BCUT2D eigenvalue weighted by Gasteiger charge is 2.47. The number of methoxy groups -OCH3 is 1. The maximum absolute atomic E-state index is 14.0. The van der Waals surface area contributed by atoms with Crippen LogP contribution >= 0.6 is 0 Å². The van der Waals surface area contributed by atoms with Crippen LogP contribution in [-0.2, 0) is 15.6 Å². The van der Waals surface area contributed by atoms with Gasteiger partial charge in [0, 0.05) is 37.3 Å². The first-order valence-electron chi connectivity index (χ1n) is 11.4. The van der Waals surface area contributed by atoms with E-state index in [0.717, 1.165) is 73.7 Å². The number of piperidine rings is 1. The Bertz CT molecular complexity index is 937. The van der Waals surface area contributed by atoms with Crippen molar-refractivity contribution in [2.75, 3.05) is 32.6 Å². The van der Waals surface area contributed by atoms with Crippen molar-refractivity contribution in [3.05, 3.63) is 47.4 Å². The lowest BCUT2D eigenvalue weighted by Crippen LogP contribution is -2.53. The minimum atomic E-state index is -0.423. The van der Waals surface area contributed by atoms with Crippen LogP contribution in [0.2, 0.25) is 0 Å². The van der Waals surface area contributed by atoms with Gasteiger partial charge in [0.05, 0.1) is 12.5 Å². The fraction of sp³-hybridized carbons (Fsp3) is 0.560. The van der Waals surface area contributed by atoms with Crippen molar-refractivity contribution in [1.29, 1.82) is 0 Å². The van der Waals surface area contributed by atoms with Gasteiger partial charge in [0.25, 0.3) is 0 Å². The summed E-state index contributed by atoms with van der Waals surface area (Å²) in [5.74, 6) is 2.76. The number of hydrogen-bond donors (Lipinski definition) is 1. The molecule has 1 aromatic carbocycles. The van der Waals surface area contributed by atoms with E-state index in [2.05, 4.69) is 29.3 Å². The molecule has 31 heavy (non-hydrogen) atoms. The Morgan fingerprint density at radius 3 is 2.45 bits per heavy atom. The van der Waals surface area contributed by atoms with E-state index in [9.17, 15) is 4.79 Å². The number of carbonyl (C=O) groups excluding carboxylic acids is 1. The van der Waals surface area contributed by atoms with E-state index in [1.165, 1.54) is 0 Å². The number of rotatable bonds is 5. The molecule has 0 bridgehead atoms. The SMILES string of the molecule is CNc1cc(C)nc(C2(C)CCCN(C(=O)C3(c4ccc(OC)cc4)CCCC3)C2)n1. The van der Waals surface area contributed by atoms with Crippen LogP contribution in [0.3, 0.4) is 0 Å². The summed E-state index contributed by atoms with van der Waals surface area (Å²) in [6, 6.07) is 10.1. The van der Waals surface area contributed by atoms with E-state index in [-0.39, 0.29) is 11.3 Å². The van der Waals surface area contributed by atoms with Crippen molar-refractivity contribution in [2.24, 2.45) is 0 Å². The van der Waals surface area contributed by atoms with Crippen LogP contribution in [0, 0.1) is 6.92 Å². The van der Waals surface area contributed by atoms with Gasteiger partial charge in [0.1, 0.15) is 17.4 Å². The summed E-state index contributed by atoms with van der Waals surface area (Å²) in [6.45, 7) is 5.67. The van der Waals surface area contributed by atoms with Crippen molar-refractivity contribution in [2.45, 2.75) is 63.2 Å². The molecule has 1 atom stereocenters. The molecule has 6 heteroatoms. The Kier molecular flexibility index (Phi) is 5.91. The molecule has 0 spiro atoms. The smallest absolute Gasteiger partial charge is 0.233 e. The van der Waals surface area contributed by atoms with Crippen LogP contribution in [0.15, 0.2) is 30.3 Å². The van der Waals surface area contributed by atoms with Crippen LogP contribution in [0.5, 0.6) is 5.75 Å². The topological polar surface area (TPSA) is 67.4 Å². The lowest BCUT2D eigenvalue weighted by atomic mass is 9.75. The summed E-state index contributed by atoms with van der Waals surface area (Å²) in [7, 11) is 3.55. The molecule has 2 fully saturated rings. The number of carbonyl (C=O) groups is 1. The van der Waals surface area contributed by atoms with Gasteiger partial charge in [-0.2, -0.15) is 0 Å². The summed E-state index contributed by atoms with van der Waals surface area (Å²) in [5.41, 5.74) is 1.40. The molecular formula is C25H34N4O2. The zero-order valence-corrected chi connectivity index (χ0v) is 19.2. The number of amides is 1. The summed E-state index contributed by atoms with van der Waals surface area (Å²) >= 11 is 0. The van der Waals surface area contributed by atoms with Crippen LogP contribution in [0.4, 0.5) is 5.82 Å². The van der Waals surface area contributed by atoms with Crippen molar-refractivity contribution < 1.29 is 9.53 Å². The average Bonchev–Trinajstić information content (AvgIpc) is 3.29. The Labute approximate surface area is 185 Å². The quantitative estimate of drug-likeness (QED) is 0.781. The van der Waals surface area contributed by atoms with E-state index in [1.807, 2.05) is 32.2 Å². The number of nitrogens with one attached hydrogen (secondary N) is 1.